The number of hydrogen-bond acceptors (Lipinski definition) is 6. The van der Waals surface area contributed by atoms with E-state index in [0.717, 1.165) is 24.8 Å². The molecule has 1 aromatic heterocycles. The van der Waals surface area contributed by atoms with E-state index in [9.17, 15) is 18.6 Å². The third kappa shape index (κ3) is 3.96. The van der Waals surface area contributed by atoms with E-state index in [1.54, 1.807) is 4.68 Å². The fourth-order valence-corrected chi connectivity index (χ4v) is 3.69. The van der Waals surface area contributed by atoms with Crippen molar-refractivity contribution in [3.63, 3.8) is 0 Å². The Kier molecular flexibility index (Phi) is 5.13. The summed E-state index contributed by atoms with van der Waals surface area (Å²) in [5.74, 6) is 0.255. The van der Waals surface area contributed by atoms with Gasteiger partial charge in [-0.2, -0.15) is 0 Å². The van der Waals surface area contributed by atoms with E-state index in [-0.39, 0.29) is 18.3 Å². The highest BCUT2D eigenvalue weighted by molar-refractivity contribution is 7.88. The minimum atomic E-state index is -3.41. The molecule has 0 aliphatic heterocycles. The van der Waals surface area contributed by atoms with Crippen molar-refractivity contribution in [1.29, 1.82) is 0 Å². The van der Waals surface area contributed by atoms with Gasteiger partial charge in [0.2, 0.25) is 10.0 Å². The van der Waals surface area contributed by atoms with Gasteiger partial charge in [0.05, 0.1) is 30.2 Å². The van der Waals surface area contributed by atoms with Crippen molar-refractivity contribution in [3.8, 4) is 0 Å². The molecule has 0 bridgehead atoms. The van der Waals surface area contributed by atoms with E-state index < -0.39 is 28.3 Å². The zero-order chi connectivity index (χ0) is 15.2. The molecule has 0 saturated heterocycles. The lowest BCUT2D eigenvalue weighted by Gasteiger charge is -2.17. The lowest BCUT2D eigenvalue weighted by molar-refractivity contribution is 0.00974. The van der Waals surface area contributed by atoms with E-state index in [1.807, 2.05) is 6.20 Å². The van der Waals surface area contributed by atoms with Gasteiger partial charge in [0, 0.05) is 24.6 Å². The van der Waals surface area contributed by atoms with E-state index in [2.05, 4.69) is 15.0 Å². The third-order valence-corrected chi connectivity index (χ3v) is 4.87. The first-order chi connectivity index (χ1) is 9.83. The molecule has 2 aliphatic carbocycles. The monoisotopic (exact) mass is 352 g/mol. The van der Waals surface area contributed by atoms with Gasteiger partial charge in [0.1, 0.15) is 0 Å². The van der Waals surface area contributed by atoms with Crippen molar-refractivity contribution in [2.45, 2.75) is 50.0 Å². The molecule has 2 saturated carbocycles. The number of rotatable bonds is 5. The second-order valence-corrected chi connectivity index (χ2v) is 7.89. The number of aliphatic hydroxyl groups excluding tert-OH is 2. The first-order valence-electron chi connectivity index (χ1n) is 7.07. The van der Waals surface area contributed by atoms with Crippen LogP contribution in [0.5, 0.6) is 0 Å². The van der Waals surface area contributed by atoms with Crippen molar-refractivity contribution in [3.05, 3.63) is 11.9 Å². The molecule has 0 spiro atoms. The highest BCUT2D eigenvalue weighted by atomic mass is 35.5. The summed E-state index contributed by atoms with van der Waals surface area (Å²) in [5.41, 5.74) is 0.967. The number of aromatic nitrogens is 3. The van der Waals surface area contributed by atoms with Crippen molar-refractivity contribution in [2.24, 2.45) is 5.92 Å². The minimum absolute atomic E-state index is 0. The minimum Gasteiger partial charge on any atom is -0.390 e. The molecule has 126 valence electrons. The van der Waals surface area contributed by atoms with E-state index in [1.165, 1.54) is 0 Å². The van der Waals surface area contributed by atoms with Crippen LogP contribution in [0.3, 0.4) is 0 Å². The molecule has 2 aliphatic rings. The summed E-state index contributed by atoms with van der Waals surface area (Å²) in [6, 6.07) is -0.661. The standard InChI is InChI=1S/C12H20N4O4S.ClH/c1-21(19,20)14-9-4-8(11(17)12(9)18)5-16-6-10(13-15-16)7-2-3-7;/h6-9,11-12,14,17-18H,2-5H2,1H3;1H/t8-,9-,11-,12+;/m1./s1. The number of nitrogens with zero attached hydrogens (tertiary/aromatic N) is 3. The van der Waals surface area contributed by atoms with E-state index in [4.69, 9.17) is 0 Å². The molecular weight excluding hydrogens is 332 g/mol. The number of halogens is 1. The lowest BCUT2D eigenvalue weighted by atomic mass is 10.1. The summed E-state index contributed by atoms with van der Waals surface area (Å²) >= 11 is 0. The zero-order valence-electron chi connectivity index (χ0n) is 12.2. The molecule has 1 heterocycles. The highest BCUT2D eigenvalue weighted by Gasteiger charge is 2.42. The topological polar surface area (TPSA) is 117 Å². The molecule has 1 aromatic rings. The van der Waals surface area contributed by atoms with Gasteiger partial charge in [-0.05, 0) is 19.3 Å². The molecule has 22 heavy (non-hydrogen) atoms. The summed E-state index contributed by atoms with van der Waals surface area (Å²) in [7, 11) is -3.41. The summed E-state index contributed by atoms with van der Waals surface area (Å²) in [4.78, 5) is 0. The fourth-order valence-electron chi connectivity index (χ4n) is 2.91. The SMILES string of the molecule is CS(=O)(=O)N[C@@H]1C[C@H](Cn2cc(C3CC3)nn2)[C@@H](O)[C@H]1O.Cl. The van der Waals surface area contributed by atoms with Crippen molar-refractivity contribution < 1.29 is 18.6 Å². The average molecular weight is 353 g/mol. The fraction of sp³-hybridized carbons (Fsp3) is 0.833. The Bertz CT molecular complexity index is 618. The van der Waals surface area contributed by atoms with Crippen LogP contribution in [-0.4, -0.2) is 58.1 Å². The molecule has 3 N–H and O–H groups in total. The van der Waals surface area contributed by atoms with Crippen LogP contribution in [0.15, 0.2) is 6.20 Å². The van der Waals surface area contributed by atoms with Gasteiger partial charge in [-0.3, -0.25) is 4.68 Å². The quantitative estimate of drug-likeness (QED) is 0.641. The van der Waals surface area contributed by atoms with Gasteiger partial charge in [0.25, 0.3) is 0 Å². The summed E-state index contributed by atoms with van der Waals surface area (Å²) in [5, 5.41) is 28.2. The molecule has 0 amide bonds. The summed E-state index contributed by atoms with van der Waals surface area (Å²) < 4.78 is 26.5. The molecule has 0 unspecified atom stereocenters. The summed E-state index contributed by atoms with van der Waals surface area (Å²) in [6.07, 6.45) is 3.49. The van der Waals surface area contributed by atoms with Crippen LogP contribution in [0.2, 0.25) is 0 Å². The van der Waals surface area contributed by atoms with Crippen LogP contribution in [0, 0.1) is 5.92 Å². The third-order valence-electron chi connectivity index (χ3n) is 4.14. The second-order valence-electron chi connectivity index (χ2n) is 6.11. The van der Waals surface area contributed by atoms with Gasteiger partial charge < -0.3 is 10.2 Å². The number of hydrogen-bond donors (Lipinski definition) is 3. The number of sulfonamides is 1. The van der Waals surface area contributed by atoms with Crippen LogP contribution in [0.1, 0.15) is 30.9 Å². The molecule has 0 aromatic carbocycles. The number of aliphatic hydroxyl groups is 2. The van der Waals surface area contributed by atoms with Crippen LogP contribution >= 0.6 is 12.4 Å². The van der Waals surface area contributed by atoms with Gasteiger partial charge in [0.15, 0.2) is 0 Å². The van der Waals surface area contributed by atoms with Crippen molar-refractivity contribution in [2.75, 3.05) is 6.26 Å². The van der Waals surface area contributed by atoms with Crippen molar-refractivity contribution >= 4 is 22.4 Å². The predicted octanol–water partition coefficient (Wildman–Crippen LogP) is -0.763. The van der Waals surface area contributed by atoms with Crippen LogP contribution < -0.4 is 4.72 Å². The predicted molar refractivity (Wildman–Crippen MR) is 81.1 cm³/mol. The molecule has 3 rings (SSSR count). The molecule has 2 fully saturated rings. The molecule has 4 atom stereocenters. The second kappa shape index (κ2) is 6.40. The lowest BCUT2D eigenvalue weighted by Crippen LogP contribution is -2.42. The number of nitrogens with one attached hydrogen (secondary N) is 1. The Hall–Kier alpha value is -0.740. The van der Waals surface area contributed by atoms with Crippen LogP contribution in [-0.2, 0) is 16.6 Å². The average Bonchev–Trinajstić information content (AvgIpc) is 3.09. The normalized spacial score (nSPS) is 32.0. The van der Waals surface area contributed by atoms with Gasteiger partial charge in [-0.1, -0.05) is 5.21 Å². The maximum absolute atomic E-state index is 11.3. The highest BCUT2D eigenvalue weighted by Crippen LogP contribution is 2.38. The molecular formula is C12H21ClN4O4S. The van der Waals surface area contributed by atoms with Gasteiger partial charge >= 0.3 is 0 Å². The van der Waals surface area contributed by atoms with Crippen LogP contribution in [0.25, 0.3) is 0 Å². The maximum Gasteiger partial charge on any atom is 0.209 e. The van der Waals surface area contributed by atoms with Crippen molar-refractivity contribution in [1.82, 2.24) is 19.7 Å². The molecule has 10 heteroatoms. The molecule has 0 radical (unpaired) electrons. The van der Waals surface area contributed by atoms with Gasteiger partial charge in [-0.25, -0.2) is 13.1 Å². The van der Waals surface area contributed by atoms with E-state index >= 15 is 0 Å². The first kappa shape index (κ1) is 17.6. The van der Waals surface area contributed by atoms with Gasteiger partial charge in [-0.15, -0.1) is 17.5 Å². The smallest absolute Gasteiger partial charge is 0.209 e. The Morgan fingerprint density at radius 2 is 2.05 bits per heavy atom. The largest absolute Gasteiger partial charge is 0.390 e. The van der Waals surface area contributed by atoms with E-state index in [0.29, 0.717) is 18.9 Å². The maximum atomic E-state index is 11.3. The Balaban J connectivity index is 0.00000176. The Morgan fingerprint density at radius 3 is 2.64 bits per heavy atom. The first-order valence-corrected chi connectivity index (χ1v) is 8.96. The zero-order valence-corrected chi connectivity index (χ0v) is 13.8. The Morgan fingerprint density at radius 1 is 1.36 bits per heavy atom. The Labute approximate surface area is 135 Å². The summed E-state index contributed by atoms with van der Waals surface area (Å²) in [6.45, 7) is 0.417. The molecule has 8 nitrogen and oxygen atoms in total. The van der Waals surface area contributed by atoms with Crippen LogP contribution in [0.4, 0.5) is 0 Å².